The molecule has 1 N–H and O–H groups in total. The first kappa shape index (κ1) is 22.5. The molecule has 3 amide bonds. The molecule has 2 atom stereocenters. The van der Waals surface area contributed by atoms with Crippen LogP contribution in [0.25, 0.3) is 0 Å². The van der Waals surface area contributed by atoms with Crippen molar-refractivity contribution in [3.8, 4) is 0 Å². The zero-order valence-corrected chi connectivity index (χ0v) is 19.7. The molecule has 8 heteroatoms. The average Bonchev–Trinajstić information content (AvgIpc) is 3.55. The Morgan fingerprint density at radius 1 is 1.09 bits per heavy atom. The molecule has 4 heterocycles. The lowest BCUT2D eigenvalue weighted by Crippen LogP contribution is -2.57. The number of fused-ring (bicyclic) bond motifs is 3. The van der Waals surface area contributed by atoms with Crippen LogP contribution in [-0.2, 0) is 16.0 Å². The summed E-state index contributed by atoms with van der Waals surface area (Å²) in [5.41, 5.74) is 2.15. The number of carbonyl (C=O) groups is 3. The van der Waals surface area contributed by atoms with Crippen molar-refractivity contribution in [2.75, 3.05) is 36.0 Å². The number of benzene rings is 1. The summed E-state index contributed by atoms with van der Waals surface area (Å²) in [4.78, 5) is 45.1. The maximum absolute atomic E-state index is 13.5. The highest BCUT2D eigenvalue weighted by atomic mass is 16.3. The normalized spacial score (nSPS) is 20.7. The third-order valence-electron chi connectivity index (χ3n) is 7.07. The number of carbonyl (C=O) groups excluding carboxylic acids is 3. The Balaban J connectivity index is 1.39. The Hall–Kier alpha value is -3.29. The Morgan fingerprint density at radius 2 is 1.88 bits per heavy atom. The zero-order valence-electron chi connectivity index (χ0n) is 19.7. The van der Waals surface area contributed by atoms with Crippen LogP contribution in [0, 0.1) is 0 Å². The molecule has 0 bridgehead atoms. The number of furan rings is 1. The average molecular weight is 465 g/mol. The number of nitrogens with one attached hydrogen (secondary N) is 1. The van der Waals surface area contributed by atoms with Crippen molar-refractivity contribution in [3.05, 3.63) is 47.9 Å². The Kier molecular flexibility index (Phi) is 6.30. The highest BCUT2D eigenvalue weighted by Crippen LogP contribution is 2.40. The van der Waals surface area contributed by atoms with Gasteiger partial charge in [0, 0.05) is 37.7 Å². The lowest BCUT2D eigenvalue weighted by Gasteiger charge is -2.45. The van der Waals surface area contributed by atoms with Gasteiger partial charge in [-0.05, 0) is 69.4 Å². The Labute approximate surface area is 199 Å². The summed E-state index contributed by atoms with van der Waals surface area (Å²) < 4.78 is 5.38. The van der Waals surface area contributed by atoms with Gasteiger partial charge in [0.1, 0.15) is 18.3 Å². The smallest absolute Gasteiger partial charge is 0.253 e. The molecule has 3 aliphatic heterocycles. The first-order chi connectivity index (χ1) is 16.5. The summed E-state index contributed by atoms with van der Waals surface area (Å²) >= 11 is 0. The van der Waals surface area contributed by atoms with E-state index in [0.717, 1.165) is 63.2 Å². The fourth-order valence-corrected chi connectivity index (χ4v) is 5.40. The fourth-order valence-electron chi connectivity index (χ4n) is 5.40. The second-order valence-corrected chi connectivity index (χ2v) is 9.58. The third-order valence-corrected chi connectivity index (χ3v) is 7.07. The topological polar surface area (TPSA) is 86.1 Å². The molecule has 5 rings (SSSR count). The molecule has 0 unspecified atom stereocenters. The number of anilines is 2. The SMILES string of the molecule is C[C@@H](Cc1ccco1)NC(=O)CN1C(=O)[C@H]2CCCCN2c2ccc(C(=O)N3CCCC3)cc21. The van der Waals surface area contributed by atoms with E-state index in [2.05, 4.69) is 10.2 Å². The van der Waals surface area contributed by atoms with Crippen molar-refractivity contribution in [3.63, 3.8) is 0 Å². The minimum atomic E-state index is -0.255. The number of nitrogens with zero attached hydrogens (tertiary/aromatic N) is 3. The maximum Gasteiger partial charge on any atom is 0.253 e. The van der Waals surface area contributed by atoms with Gasteiger partial charge in [0.2, 0.25) is 11.8 Å². The van der Waals surface area contributed by atoms with Gasteiger partial charge in [0.15, 0.2) is 0 Å². The molecule has 34 heavy (non-hydrogen) atoms. The van der Waals surface area contributed by atoms with E-state index < -0.39 is 0 Å². The Morgan fingerprint density at radius 3 is 2.65 bits per heavy atom. The van der Waals surface area contributed by atoms with Crippen LogP contribution in [0.15, 0.2) is 41.0 Å². The van der Waals surface area contributed by atoms with Crippen molar-refractivity contribution in [2.24, 2.45) is 0 Å². The highest BCUT2D eigenvalue weighted by Gasteiger charge is 2.40. The van der Waals surface area contributed by atoms with Gasteiger partial charge in [-0.1, -0.05) is 0 Å². The molecule has 0 aliphatic carbocycles. The van der Waals surface area contributed by atoms with Crippen LogP contribution in [0.2, 0.25) is 0 Å². The van der Waals surface area contributed by atoms with Gasteiger partial charge in [-0.15, -0.1) is 0 Å². The summed E-state index contributed by atoms with van der Waals surface area (Å²) in [7, 11) is 0. The first-order valence-electron chi connectivity index (χ1n) is 12.3. The predicted octanol–water partition coefficient (Wildman–Crippen LogP) is 2.97. The van der Waals surface area contributed by atoms with Gasteiger partial charge in [0.05, 0.1) is 17.6 Å². The van der Waals surface area contributed by atoms with Gasteiger partial charge < -0.3 is 19.5 Å². The molecule has 0 spiro atoms. The van der Waals surface area contributed by atoms with Crippen molar-refractivity contribution < 1.29 is 18.8 Å². The van der Waals surface area contributed by atoms with E-state index in [1.165, 1.54) is 0 Å². The van der Waals surface area contributed by atoms with E-state index in [4.69, 9.17) is 4.42 Å². The third kappa shape index (κ3) is 4.41. The van der Waals surface area contributed by atoms with Gasteiger partial charge in [0.25, 0.3) is 5.91 Å². The molecular weight excluding hydrogens is 432 g/mol. The predicted molar refractivity (Wildman–Crippen MR) is 129 cm³/mol. The molecule has 8 nitrogen and oxygen atoms in total. The van der Waals surface area contributed by atoms with Gasteiger partial charge >= 0.3 is 0 Å². The van der Waals surface area contributed by atoms with Crippen molar-refractivity contribution in [2.45, 2.75) is 57.5 Å². The number of likely N-dealkylation sites (tertiary alicyclic amines) is 1. The molecule has 2 saturated heterocycles. The molecule has 3 aliphatic rings. The summed E-state index contributed by atoms with van der Waals surface area (Å²) in [5, 5.41) is 2.99. The first-order valence-corrected chi connectivity index (χ1v) is 12.3. The second kappa shape index (κ2) is 9.52. The molecule has 0 radical (unpaired) electrons. The number of rotatable bonds is 6. The van der Waals surface area contributed by atoms with Crippen molar-refractivity contribution >= 4 is 29.1 Å². The monoisotopic (exact) mass is 464 g/mol. The Bertz CT molecular complexity index is 1060. The number of amides is 3. The van der Waals surface area contributed by atoms with Crippen LogP contribution in [0.3, 0.4) is 0 Å². The van der Waals surface area contributed by atoms with E-state index in [0.29, 0.717) is 17.7 Å². The number of hydrogen-bond donors (Lipinski definition) is 1. The minimum Gasteiger partial charge on any atom is -0.469 e. The highest BCUT2D eigenvalue weighted by molar-refractivity contribution is 6.09. The van der Waals surface area contributed by atoms with E-state index >= 15 is 0 Å². The van der Waals surface area contributed by atoms with Gasteiger partial charge in [-0.2, -0.15) is 0 Å². The standard InChI is InChI=1S/C26H32N4O4/c1-18(15-20-7-6-14-34-20)27-24(31)17-30-23-16-19(25(32)28-11-4-5-12-28)9-10-21(23)29-13-3-2-8-22(29)26(30)33/h6-7,9-10,14,16,18,22H,2-5,8,11-13,15,17H2,1H3,(H,27,31)/t18-,22+/m0/s1. The second-order valence-electron chi connectivity index (χ2n) is 9.58. The van der Waals surface area contributed by atoms with E-state index in [9.17, 15) is 14.4 Å². The number of piperidine rings is 1. The molecule has 180 valence electrons. The van der Waals surface area contributed by atoms with E-state index in [1.807, 2.05) is 36.1 Å². The quantitative estimate of drug-likeness (QED) is 0.710. The lowest BCUT2D eigenvalue weighted by molar-refractivity contribution is -0.125. The summed E-state index contributed by atoms with van der Waals surface area (Å²) in [6.07, 6.45) is 7.04. The van der Waals surface area contributed by atoms with Crippen LogP contribution < -0.4 is 15.1 Å². The van der Waals surface area contributed by atoms with Gasteiger partial charge in [-0.3, -0.25) is 19.3 Å². The molecule has 2 aromatic rings. The fraction of sp³-hybridized carbons (Fsp3) is 0.500. The van der Waals surface area contributed by atoms with Crippen LogP contribution >= 0.6 is 0 Å². The van der Waals surface area contributed by atoms with Crippen molar-refractivity contribution in [1.82, 2.24) is 10.2 Å². The van der Waals surface area contributed by atoms with Crippen molar-refractivity contribution in [1.29, 1.82) is 0 Å². The van der Waals surface area contributed by atoms with Crippen LogP contribution in [-0.4, -0.2) is 60.9 Å². The zero-order chi connectivity index (χ0) is 23.7. The van der Waals surface area contributed by atoms with Crippen LogP contribution in [0.5, 0.6) is 0 Å². The lowest BCUT2D eigenvalue weighted by atomic mass is 9.95. The molecular formula is C26H32N4O4. The summed E-state index contributed by atoms with van der Waals surface area (Å²) in [6, 6.07) is 8.94. The molecule has 1 aromatic carbocycles. The molecule has 2 fully saturated rings. The summed E-state index contributed by atoms with van der Waals surface area (Å²) in [5.74, 6) is 0.505. The van der Waals surface area contributed by atoms with E-state index in [1.54, 1.807) is 17.2 Å². The largest absolute Gasteiger partial charge is 0.469 e. The van der Waals surface area contributed by atoms with Crippen LogP contribution in [0.1, 0.15) is 55.1 Å². The van der Waals surface area contributed by atoms with Crippen LogP contribution in [0.4, 0.5) is 11.4 Å². The molecule has 0 saturated carbocycles. The minimum absolute atomic E-state index is 0.00927. The maximum atomic E-state index is 13.5. The van der Waals surface area contributed by atoms with E-state index in [-0.39, 0.29) is 36.3 Å². The summed E-state index contributed by atoms with van der Waals surface area (Å²) in [6.45, 7) is 4.19. The van der Waals surface area contributed by atoms with Gasteiger partial charge in [-0.25, -0.2) is 0 Å². The number of hydrogen-bond acceptors (Lipinski definition) is 5. The molecule has 1 aromatic heterocycles.